The van der Waals surface area contributed by atoms with Gasteiger partial charge in [-0.3, -0.25) is 14.5 Å². The number of hydrogen-bond donors (Lipinski definition) is 2. The second-order valence-corrected chi connectivity index (χ2v) is 4.98. The van der Waals surface area contributed by atoms with Crippen molar-refractivity contribution >= 4 is 17.5 Å². The Labute approximate surface area is 111 Å². The van der Waals surface area contributed by atoms with Gasteiger partial charge in [-0.1, -0.05) is 6.07 Å². The second kappa shape index (κ2) is 4.55. The summed E-state index contributed by atoms with van der Waals surface area (Å²) in [4.78, 5) is 24.7. The van der Waals surface area contributed by atoms with Gasteiger partial charge in [0.15, 0.2) is 5.60 Å². The predicted molar refractivity (Wildman–Crippen MR) is 70.6 cm³/mol. The molecule has 1 aliphatic rings. The van der Waals surface area contributed by atoms with E-state index in [9.17, 15) is 9.59 Å². The molecule has 102 valence electrons. The van der Waals surface area contributed by atoms with Gasteiger partial charge in [0.25, 0.3) is 5.91 Å². The van der Waals surface area contributed by atoms with Crippen LogP contribution in [0.15, 0.2) is 18.2 Å². The predicted octanol–water partition coefficient (Wildman–Crippen LogP) is 0.135. The molecule has 1 aliphatic heterocycles. The fraction of sp³-hybridized carbons (Fsp3) is 0.385. The lowest BCUT2D eigenvalue weighted by molar-refractivity contribution is -0.133. The smallest absolute Gasteiger partial charge is 0.271 e. The number of anilines is 1. The molecule has 2 rings (SSSR count). The van der Waals surface area contributed by atoms with Crippen molar-refractivity contribution in [3.63, 3.8) is 0 Å². The minimum atomic E-state index is -1.03. The molecule has 0 radical (unpaired) electrons. The first kappa shape index (κ1) is 13.4. The van der Waals surface area contributed by atoms with Crippen molar-refractivity contribution in [1.82, 2.24) is 0 Å². The molecule has 0 aromatic heterocycles. The van der Waals surface area contributed by atoms with Gasteiger partial charge in [0, 0.05) is 6.54 Å². The van der Waals surface area contributed by atoms with Crippen LogP contribution in [0, 0.1) is 0 Å². The number of ether oxygens (including phenoxy) is 1. The van der Waals surface area contributed by atoms with Gasteiger partial charge >= 0.3 is 0 Å². The van der Waals surface area contributed by atoms with Gasteiger partial charge in [-0.25, -0.2) is 0 Å². The van der Waals surface area contributed by atoms with Gasteiger partial charge in [0.1, 0.15) is 12.3 Å². The van der Waals surface area contributed by atoms with Crippen LogP contribution < -0.4 is 21.1 Å². The standard InChI is InChI=1S/C13H17N3O3/c1-13(2)12(18)16(7-11(15)17)9-4-3-8(6-14)5-10(9)19-13/h3-5H,6-7,14H2,1-2H3,(H2,15,17). The number of amides is 2. The van der Waals surface area contributed by atoms with Crippen molar-refractivity contribution in [3.8, 4) is 5.75 Å². The van der Waals surface area contributed by atoms with E-state index < -0.39 is 11.5 Å². The van der Waals surface area contributed by atoms with Gasteiger partial charge in [0.05, 0.1) is 5.69 Å². The van der Waals surface area contributed by atoms with Crippen molar-refractivity contribution in [2.75, 3.05) is 11.4 Å². The van der Waals surface area contributed by atoms with E-state index in [2.05, 4.69) is 0 Å². The topological polar surface area (TPSA) is 98.7 Å². The van der Waals surface area contributed by atoms with E-state index in [1.54, 1.807) is 32.0 Å². The highest BCUT2D eigenvalue weighted by Crippen LogP contribution is 2.38. The van der Waals surface area contributed by atoms with Crippen molar-refractivity contribution < 1.29 is 14.3 Å². The quantitative estimate of drug-likeness (QED) is 0.810. The molecule has 6 heteroatoms. The van der Waals surface area contributed by atoms with Gasteiger partial charge in [-0.2, -0.15) is 0 Å². The first-order valence-electron chi connectivity index (χ1n) is 5.97. The largest absolute Gasteiger partial charge is 0.476 e. The molecule has 0 fully saturated rings. The van der Waals surface area contributed by atoms with Crippen LogP contribution in [0.4, 0.5) is 5.69 Å². The third-order valence-corrected chi connectivity index (χ3v) is 2.99. The first-order chi connectivity index (χ1) is 8.85. The number of carbonyl (C=O) groups is 2. The minimum absolute atomic E-state index is 0.166. The van der Waals surface area contributed by atoms with E-state index in [0.717, 1.165) is 5.56 Å². The lowest BCUT2D eigenvalue weighted by Gasteiger charge is -2.38. The lowest BCUT2D eigenvalue weighted by Crippen LogP contribution is -2.54. The van der Waals surface area contributed by atoms with Crippen molar-refractivity contribution in [2.45, 2.75) is 26.0 Å². The Morgan fingerprint density at radius 1 is 1.42 bits per heavy atom. The highest BCUT2D eigenvalue weighted by molar-refractivity contribution is 6.05. The highest BCUT2D eigenvalue weighted by atomic mass is 16.5. The van der Waals surface area contributed by atoms with Crippen LogP contribution >= 0.6 is 0 Å². The number of primary amides is 1. The van der Waals surface area contributed by atoms with Crippen LogP contribution in [-0.2, 0) is 16.1 Å². The Morgan fingerprint density at radius 2 is 2.11 bits per heavy atom. The Bertz CT molecular complexity index is 540. The van der Waals surface area contributed by atoms with Crippen LogP contribution in [0.2, 0.25) is 0 Å². The molecule has 0 spiro atoms. The summed E-state index contributed by atoms with van der Waals surface area (Å²) < 4.78 is 5.69. The molecule has 2 amide bonds. The Balaban J connectivity index is 2.50. The van der Waals surface area contributed by atoms with Crippen molar-refractivity contribution in [1.29, 1.82) is 0 Å². The second-order valence-electron chi connectivity index (χ2n) is 4.98. The van der Waals surface area contributed by atoms with Gasteiger partial charge in [-0.15, -0.1) is 0 Å². The first-order valence-corrected chi connectivity index (χ1v) is 5.97. The lowest BCUT2D eigenvalue weighted by atomic mass is 10.0. The average molecular weight is 263 g/mol. The summed E-state index contributed by atoms with van der Waals surface area (Å²) in [5.74, 6) is -0.326. The van der Waals surface area contributed by atoms with Crippen molar-refractivity contribution in [3.05, 3.63) is 23.8 Å². The number of carbonyl (C=O) groups excluding carboxylic acids is 2. The molecule has 1 heterocycles. The third kappa shape index (κ3) is 2.39. The van der Waals surface area contributed by atoms with Crippen LogP contribution in [0.3, 0.4) is 0 Å². The monoisotopic (exact) mass is 263 g/mol. The zero-order valence-electron chi connectivity index (χ0n) is 11.0. The Morgan fingerprint density at radius 3 is 2.68 bits per heavy atom. The van der Waals surface area contributed by atoms with E-state index in [4.69, 9.17) is 16.2 Å². The maximum absolute atomic E-state index is 12.3. The molecule has 6 nitrogen and oxygen atoms in total. The summed E-state index contributed by atoms with van der Waals surface area (Å²) in [6.07, 6.45) is 0. The summed E-state index contributed by atoms with van der Waals surface area (Å²) in [7, 11) is 0. The average Bonchev–Trinajstić information content (AvgIpc) is 2.33. The number of hydrogen-bond acceptors (Lipinski definition) is 4. The summed E-state index contributed by atoms with van der Waals surface area (Å²) in [6.45, 7) is 3.52. The van der Waals surface area contributed by atoms with Gasteiger partial charge < -0.3 is 16.2 Å². The van der Waals surface area contributed by atoms with Crippen molar-refractivity contribution in [2.24, 2.45) is 11.5 Å². The zero-order chi connectivity index (χ0) is 14.2. The molecule has 1 aromatic carbocycles. The number of benzene rings is 1. The fourth-order valence-corrected chi connectivity index (χ4v) is 2.06. The number of nitrogens with zero attached hydrogens (tertiary/aromatic N) is 1. The molecule has 0 saturated heterocycles. The van der Waals surface area contributed by atoms with Gasteiger partial charge in [-0.05, 0) is 31.5 Å². The SMILES string of the molecule is CC1(C)Oc2cc(CN)ccc2N(CC(N)=O)C1=O. The summed E-state index contributed by atoms with van der Waals surface area (Å²) in [5.41, 5.74) is 11.2. The normalized spacial score (nSPS) is 16.8. The molecule has 0 aliphatic carbocycles. The van der Waals surface area contributed by atoms with Crippen LogP contribution in [0.1, 0.15) is 19.4 Å². The Hall–Kier alpha value is -2.08. The summed E-state index contributed by atoms with van der Waals surface area (Å²) in [5, 5.41) is 0. The Kier molecular flexibility index (Phi) is 3.20. The van der Waals surface area contributed by atoms with Crippen LogP contribution in [-0.4, -0.2) is 24.0 Å². The highest BCUT2D eigenvalue weighted by Gasteiger charge is 2.41. The third-order valence-electron chi connectivity index (χ3n) is 2.99. The summed E-state index contributed by atoms with van der Waals surface area (Å²) >= 11 is 0. The van der Waals surface area contributed by atoms with E-state index >= 15 is 0 Å². The zero-order valence-corrected chi connectivity index (χ0v) is 11.0. The maximum atomic E-state index is 12.3. The van der Waals surface area contributed by atoms with Gasteiger partial charge in [0.2, 0.25) is 5.91 Å². The number of nitrogens with two attached hydrogens (primary N) is 2. The van der Waals surface area contributed by atoms with E-state index in [-0.39, 0.29) is 12.5 Å². The summed E-state index contributed by atoms with van der Waals surface area (Å²) in [6, 6.07) is 5.28. The van der Waals surface area contributed by atoms with Crippen LogP contribution in [0.5, 0.6) is 5.75 Å². The molecule has 4 N–H and O–H groups in total. The number of rotatable bonds is 3. The molecular weight excluding hydrogens is 246 g/mol. The van der Waals surface area contributed by atoms with E-state index in [0.29, 0.717) is 18.0 Å². The molecule has 1 aromatic rings. The minimum Gasteiger partial charge on any atom is -0.476 e. The fourth-order valence-electron chi connectivity index (χ4n) is 2.06. The van der Waals surface area contributed by atoms with E-state index in [1.807, 2.05) is 0 Å². The molecule has 0 atom stereocenters. The molecule has 0 bridgehead atoms. The molecule has 19 heavy (non-hydrogen) atoms. The molecular formula is C13H17N3O3. The van der Waals surface area contributed by atoms with Crippen LogP contribution in [0.25, 0.3) is 0 Å². The molecule has 0 saturated carbocycles. The number of fused-ring (bicyclic) bond motifs is 1. The van der Waals surface area contributed by atoms with E-state index in [1.165, 1.54) is 4.90 Å². The molecule has 0 unspecified atom stereocenters. The maximum Gasteiger partial charge on any atom is 0.271 e.